The second-order valence-electron chi connectivity index (χ2n) is 18.2. The minimum absolute atomic E-state index is 0.0235. The van der Waals surface area contributed by atoms with E-state index in [4.69, 9.17) is 32.7 Å². The Morgan fingerprint density at radius 1 is 0.813 bits per heavy atom. The molecule has 16 nitrogen and oxygen atoms in total. The number of benzene rings is 5. The summed E-state index contributed by atoms with van der Waals surface area (Å²) in [5, 5.41) is 19.0. The second kappa shape index (κ2) is 23.8. The van der Waals surface area contributed by atoms with Crippen LogP contribution in [-0.2, 0) is 41.1 Å². The van der Waals surface area contributed by atoms with Gasteiger partial charge in [0, 0.05) is 29.4 Å². The molecule has 6 aromatic rings. The number of alkyl halides is 3. The molecule has 1 saturated heterocycles. The summed E-state index contributed by atoms with van der Waals surface area (Å²) >= 11 is 0. The first-order valence-electron chi connectivity index (χ1n) is 24.2. The summed E-state index contributed by atoms with van der Waals surface area (Å²) in [6.45, 7) is 7.58. The summed E-state index contributed by atoms with van der Waals surface area (Å²) in [5.74, 6) is 0.727. The molecule has 0 radical (unpaired) electrons. The smallest absolute Gasteiger partial charge is 0.442 e. The fraction of sp³-hybridized carbons (Fsp3) is 0.345. The fourth-order valence-electron chi connectivity index (χ4n) is 8.97. The molecule has 1 fully saturated rings. The highest BCUT2D eigenvalue weighted by molar-refractivity contribution is 7.44. The topological polar surface area (TPSA) is 180 Å². The molecule has 20 heteroatoms. The number of rotatable bonds is 23. The van der Waals surface area contributed by atoms with E-state index in [9.17, 15) is 28.0 Å². The van der Waals surface area contributed by atoms with E-state index in [-0.39, 0.29) is 49.7 Å². The first-order chi connectivity index (χ1) is 36.1. The molecule has 5 atom stereocenters. The number of amides is 1. The van der Waals surface area contributed by atoms with Crippen LogP contribution in [0.3, 0.4) is 0 Å². The minimum atomic E-state index is -4.73. The first kappa shape index (κ1) is 54.4. The normalized spacial score (nSPS) is 18.5. The lowest BCUT2D eigenvalue weighted by Crippen LogP contribution is -2.43. The van der Waals surface area contributed by atoms with Crippen LogP contribution in [0.15, 0.2) is 161 Å². The van der Waals surface area contributed by atoms with Crippen molar-refractivity contribution in [3.8, 4) is 17.6 Å². The molecule has 0 bridgehead atoms. The number of hydrogen-bond acceptors (Lipinski definition) is 14. The van der Waals surface area contributed by atoms with E-state index in [1.165, 1.54) is 41.1 Å². The Labute approximate surface area is 434 Å². The quantitative estimate of drug-likeness (QED) is 0.0365. The highest BCUT2D eigenvalue weighted by Gasteiger charge is 2.65. The zero-order valence-electron chi connectivity index (χ0n) is 42.1. The number of hydrogen-bond donors (Lipinski definition) is 1. The van der Waals surface area contributed by atoms with Gasteiger partial charge in [0.2, 0.25) is 0 Å². The van der Waals surface area contributed by atoms with E-state index >= 15 is 0 Å². The standard InChI is InChI=1S/C55H57F3N7O9P/c1-36(2)65(37(3)4)75(72-33-13-31-59)74-48-46(35-71-53(40-16-11-8-12-17-40,41-22-26-44(68-5)27-23-41)42-24-28-45(69-6)29-25-42)73-51(64-32-30-47(61-52(64)67)60-50(66)39-14-9-7-10-15-39)49(48)70-34-38-18-20-43(21-19-38)54(62-63-54)55(56,57)58/h7-12,14-30,32,36-37,46,48-49,51H,13,33-35H2,1-6H3,(H,60,61,66,67)/t46-,48-,49-,51-,75?/m1/s1. The van der Waals surface area contributed by atoms with Gasteiger partial charge in [-0.1, -0.05) is 97.1 Å². The molecule has 2 aliphatic heterocycles. The van der Waals surface area contributed by atoms with Gasteiger partial charge in [-0.25, -0.2) is 9.46 Å². The summed E-state index contributed by atoms with van der Waals surface area (Å²) in [7, 11) is 1.14. The summed E-state index contributed by atoms with van der Waals surface area (Å²) < 4.78 is 91.3. The van der Waals surface area contributed by atoms with Gasteiger partial charge in [-0.05, 0) is 92.4 Å². The number of aromatic nitrogens is 2. The van der Waals surface area contributed by atoms with Crippen LogP contribution in [0.25, 0.3) is 0 Å². The monoisotopic (exact) mass is 1050 g/mol. The predicted octanol–water partition coefficient (Wildman–Crippen LogP) is 10.8. The fourth-order valence-corrected chi connectivity index (χ4v) is 10.7. The highest BCUT2D eigenvalue weighted by atomic mass is 31.2. The van der Waals surface area contributed by atoms with Crippen LogP contribution in [0, 0.1) is 11.3 Å². The van der Waals surface area contributed by atoms with E-state index in [0.717, 1.165) is 16.7 Å². The summed E-state index contributed by atoms with van der Waals surface area (Å²) in [6, 6.07) is 42.0. The maximum atomic E-state index is 14.4. The van der Waals surface area contributed by atoms with E-state index in [2.05, 4.69) is 26.6 Å². The van der Waals surface area contributed by atoms with Gasteiger partial charge in [-0.3, -0.25) is 9.36 Å². The van der Waals surface area contributed by atoms with Gasteiger partial charge < -0.3 is 38.0 Å². The van der Waals surface area contributed by atoms with Gasteiger partial charge in [0.1, 0.15) is 41.2 Å². The van der Waals surface area contributed by atoms with Crippen molar-refractivity contribution in [3.63, 3.8) is 0 Å². The second-order valence-corrected chi connectivity index (χ2v) is 19.6. The lowest BCUT2D eigenvalue weighted by molar-refractivity contribution is -0.166. The average Bonchev–Trinajstić information content (AvgIpc) is 4.18. The van der Waals surface area contributed by atoms with Crippen molar-refractivity contribution in [2.24, 2.45) is 10.2 Å². The van der Waals surface area contributed by atoms with E-state index in [0.29, 0.717) is 22.6 Å². The third-order valence-corrected chi connectivity index (χ3v) is 14.8. The molecule has 3 heterocycles. The Bertz CT molecular complexity index is 2920. The lowest BCUT2D eigenvalue weighted by Gasteiger charge is -2.39. The van der Waals surface area contributed by atoms with E-state index < -0.39 is 62.1 Å². The molecule has 0 spiro atoms. The van der Waals surface area contributed by atoms with E-state index in [1.54, 1.807) is 44.6 Å². The zero-order valence-corrected chi connectivity index (χ0v) is 43.0. The van der Waals surface area contributed by atoms with Crippen LogP contribution in [0.5, 0.6) is 11.5 Å². The number of methoxy groups -OCH3 is 2. The molecule has 1 N–H and O–H groups in total. The molecule has 0 saturated carbocycles. The van der Waals surface area contributed by atoms with Crippen LogP contribution >= 0.6 is 8.53 Å². The molecule has 0 aliphatic carbocycles. The van der Waals surface area contributed by atoms with Crippen LogP contribution < -0.4 is 20.5 Å². The SMILES string of the molecule is COc1ccc(C(OC[C@H]2O[C@@H](n3ccc(NC(=O)c4ccccc4)nc3=O)[C@H](OCc3ccc(C4(C(F)(F)F)N=N4)cc3)[C@@H]2OP(OCCC#N)N(C(C)C)C(C)C)(c2ccccc2)c2ccc(OC)cc2)cc1. The molecule has 2 aliphatic rings. The Kier molecular flexibility index (Phi) is 17.2. The highest BCUT2D eigenvalue weighted by Crippen LogP contribution is 2.53. The molecule has 8 rings (SSSR count). The molecule has 5 aromatic carbocycles. The number of nitrogens with zero attached hydrogens (tertiary/aromatic N) is 6. The maximum absolute atomic E-state index is 14.4. The average molecular weight is 1050 g/mol. The van der Waals surface area contributed by atoms with Crippen LogP contribution in [-0.4, -0.2) is 84.1 Å². The minimum Gasteiger partial charge on any atom is -0.497 e. The third kappa shape index (κ3) is 12.0. The molecule has 1 unspecified atom stereocenters. The maximum Gasteiger partial charge on any atom is 0.442 e. The Hall–Kier alpha value is -6.88. The number of carbonyl (C=O) groups excluding carboxylic acids is 1. The third-order valence-electron chi connectivity index (χ3n) is 12.7. The number of carbonyl (C=O) groups is 1. The van der Waals surface area contributed by atoms with Gasteiger partial charge in [-0.2, -0.15) is 23.4 Å². The van der Waals surface area contributed by atoms with Crippen molar-refractivity contribution < 1.29 is 50.7 Å². The van der Waals surface area contributed by atoms with Gasteiger partial charge in [0.05, 0.1) is 46.5 Å². The summed E-state index contributed by atoms with van der Waals surface area (Å²) in [4.78, 5) is 31.8. The van der Waals surface area contributed by atoms with Crippen molar-refractivity contribution in [2.75, 3.05) is 32.8 Å². The van der Waals surface area contributed by atoms with Crippen molar-refractivity contribution in [1.82, 2.24) is 14.2 Å². The molecule has 1 aromatic heterocycles. The molecule has 392 valence electrons. The number of halogens is 3. The summed E-state index contributed by atoms with van der Waals surface area (Å²) in [5.41, 5.74) is -1.91. The van der Waals surface area contributed by atoms with E-state index in [1.807, 2.05) is 111 Å². The van der Waals surface area contributed by atoms with Crippen LogP contribution in [0.4, 0.5) is 19.0 Å². The molecule has 1 amide bonds. The van der Waals surface area contributed by atoms with Gasteiger partial charge >= 0.3 is 17.5 Å². The zero-order chi connectivity index (χ0) is 53.3. The van der Waals surface area contributed by atoms with Crippen molar-refractivity contribution in [3.05, 3.63) is 190 Å². The van der Waals surface area contributed by atoms with Crippen molar-refractivity contribution >= 4 is 20.3 Å². The number of nitriles is 1. The summed E-state index contributed by atoms with van der Waals surface area (Å²) in [6.07, 6.45) is -7.91. The van der Waals surface area contributed by atoms with Gasteiger partial charge in [0.25, 0.3) is 14.4 Å². The van der Waals surface area contributed by atoms with Crippen LogP contribution in [0.1, 0.15) is 78.5 Å². The Morgan fingerprint density at radius 3 is 1.91 bits per heavy atom. The van der Waals surface area contributed by atoms with Gasteiger partial charge in [0.15, 0.2) is 6.23 Å². The number of ether oxygens (including phenoxy) is 5. The molecular weight excluding hydrogens is 991 g/mol. The van der Waals surface area contributed by atoms with Gasteiger partial charge in [-0.15, -0.1) is 10.2 Å². The lowest BCUT2D eigenvalue weighted by atomic mass is 9.80. The Morgan fingerprint density at radius 2 is 1.39 bits per heavy atom. The molecule has 75 heavy (non-hydrogen) atoms. The number of anilines is 1. The first-order valence-corrected chi connectivity index (χ1v) is 25.3. The largest absolute Gasteiger partial charge is 0.497 e. The number of nitrogens with one attached hydrogen (secondary N) is 1. The van der Waals surface area contributed by atoms with Crippen LogP contribution in [0.2, 0.25) is 0 Å². The Balaban J connectivity index is 1.24. The molecular formula is C55H57F3N7O9P. The predicted molar refractivity (Wildman–Crippen MR) is 273 cm³/mol. The van der Waals surface area contributed by atoms with Crippen molar-refractivity contribution in [1.29, 1.82) is 5.26 Å². The van der Waals surface area contributed by atoms with Crippen molar-refractivity contribution in [2.45, 2.75) is 94.8 Å².